The van der Waals surface area contributed by atoms with Crippen LogP contribution in [0.15, 0.2) is 24.0 Å². The number of nitrogens with zero attached hydrogens (tertiary/aromatic N) is 2. The van der Waals surface area contributed by atoms with E-state index in [1.165, 1.54) is 63.9 Å². The van der Waals surface area contributed by atoms with Gasteiger partial charge in [-0.3, -0.25) is 4.90 Å². The van der Waals surface area contributed by atoms with Crippen LogP contribution in [0.4, 0.5) is 0 Å². The third-order valence-electron chi connectivity index (χ3n) is 6.03. The third-order valence-corrected chi connectivity index (χ3v) is 6.03. The van der Waals surface area contributed by atoms with Crippen molar-refractivity contribution in [3.63, 3.8) is 0 Å². The monoisotopic (exact) mass is 317 g/mol. The summed E-state index contributed by atoms with van der Waals surface area (Å²) in [5.74, 6) is 2.05. The summed E-state index contributed by atoms with van der Waals surface area (Å²) in [7, 11) is 0. The lowest BCUT2D eigenvalue weighted by molar-refractivity contribution is 0.0177. The highest BCUT2D eigenvalue weighted by atomic mass is 16.5. The molecule has 1 N–H and O–H groups in total. The molecule has 0 bridgehead atoms. The summed E-state index contributed by atoms with van der Waals surface area (Å²) >= 11 is 0. The lowest BCUT2D eigenvalue weighted by atomic mass is 9.86. The van der Waals surface area contributed by atoms with Gasteiger partial charge in [0.25, 0.3) is 0 Å². The van der Waals surface area contributed by atoms with Gasteiger partial charge < -0.3 is 15.0 Å². The second-order valence-electron chi connectivity index (χ2n) is 7.59. The van der Waals surface area contributed by atoms with E-state index >= 15 is 0 Å². The van der Waals surface area contributed by atoms with Gasteiger partial charge in [0.05, 0.1) is 6.61 Å². The summed E-state index contributed by atoms with van der Waals surface area (Å²) < 4.78 is 6.05. The van der Waals surface area contributed by atoms with Gasteiger partial charge in [0.15, 0.2) is 0 Å². The van der Waals surface area contributed by atoms with Crippen LogP contribution >= 0.6 is 0 Å². The van der Waals surface area contributed by atoms with E-state index in [4.69, 9.17) is 4.74 Å². The Kier molecular flexibility index (Phi) is 4.90. The summed E-state index contributed by atoms with van der Waals surface area (Å²) in [6.45, 7) is 5.68. The number of ether oxygens (including phenoxy) is 1. The fraction of sp³-hybridized carbons (Fsp3) is 0.789. The van der Waals surface area contributed by atoms with Gasteiger partial charge in [-0.05, 0) is 50.2 Å². The molecule has 4 rings (SSSR count). The first-order chi connectivity index (χ1) is 11.4. The number of allylic oxidation sites excluding steroid dienone is 2. The third kappa shape index (κ3) is 3.74. The first kappa shape index (κ1) is 15.5. The molecule has 128 valence electrons. The average molecular weight is 317 g/mol. The van der Waals surface area contributed by atoms with Crippen molar-refractivity contribution in [1.82, 2.24) is 15.1 Å². The number of dihydropyridines is 1. The van der Waals surface area contributed by atoms with E-state index < -0.39 is 0 Å². The van der Waals surface area contributed by atoms with E-state index in [-0.39, 0.29) is 6.23 Å². The van der Waals surface area contributed by atoms with Crippen molar-refractivity contribution in [2.75, 3.05) is 32.8 Å². The fourth-order valence-corrected chi connectivity index (χ4v) is 3.98. The number of nitrogens with one attached hydrogen (secondary N) is 1. The van der Waals surface area contributed by atoms with Crippen molar-refractivity contribution in [2.45, 2.75) is 57.2 Å². The molecule has 2 aliphatic heterocycles. The first-order valence-corrected chi connectivity index (χ1v) is 9.64. The van der Waals surface area contributed by atoms with Crippen LogP contribution in [0.1, 0.15) is 44.9 Å². The van der Waals surface area contributed by atoms with Gasteiger partial charge in [-0.15, -0.1) is 0 Å². The van der Waals surface area contributed by atoms with Crippen LogP contribution < -0.4 is 5.32 Å². The van der Waals surface area contributed by atoms with Crippen LogP contribution in [0.25, 0.3) is 0 Å². The molecule has 2 saturated carbocycles. The minimum absolute atomic E-state index is 0.0570. The quantitative estimate of drug-likeness (QED) is 0.844. The van der Waals surface area contributed by atoms with Crippen LogP contribution in [-0.4, -0.2) is 54.9 Å². The van der Waals surface area contributed by atoms with Crippen LogP contribution in [-0.2, 0) is 4.74 Å². The highest BCUT2D eigenvalue weighted by molar-refractivity contribution is 5.18. The molecule has 1 unspecified atom stereocenters. The van der Waals surface area contributed by atoms with E-state index in [0.717, 1.165) is 31.7 Å². The Balaban J connectivity index is 1.27. The maximum Gasteiger partial charge on any atom is 0.148 e. The zero-order chi connectivity index (χ0) is 15.5. The smallest absolute Gasteiger partial charge is 0.148 e. The molecule has 0 radical (unpaired) electrons. The molecule has 23 heavy (non-hydrogen) atoms. The van der Waals surface area contributed by atoms with Crippen LogP contribution in [0.3, 0.4) is 0 Å². The number of hydrogen-bond donors (Lipinski definition) is 1. The maximum absolute atomic E-state index is 6.05. The zero-order valence-corrected chi connectivity index (χ0v) is 14.3. The molecule has 0 amide bonds. The summed E-state index contributed by atoms with van der Waals surface area (Å²) in [6.07, 6.45) is 16.2. The molecular formula is C19H31N3O. The fourth-order valence-electron chi connectivity index (χ4n) is 3.98. The standard InChI is InChI=1S/C19H31N3O/c1-5-16(6-1)15-23-19-10-3-9-18(20-19)22-12-4-11-21(13-14-22)17-7-2-8-17/h3,9-10,16-17,19-20H,1-2,4-8,11-15H2. The van der Waals surface area contributed by atoms with Crippen molar-refractivity contribution < 1.29 is 4.74 Å². The minimum atomic E-state index is 0.0570. The highest BCUT2D eigenvalue weighted by Gasteiger charge is 2.27. The van der Waals surface area contributed by atoms with Gasteiger partial charge in [-0.25, -0.2) is 0 Å². The van der Waals surface area contributed by atoms with E-state index in [2.05, 4.69) is 33.3 Å². The second-order valence-corrected chi connectivity index (χ2v) is 7.59. The van der Waals surface area contributed by atoms with E-state index in [1.54, 1.807) is 0 Å². The molecule has 0 aromatic carbocycles. The maximum atomic E-state index is 6.05. The van der Waals surface area contributed by atoms with Crippen LogP contribution in [0.5, 0.6) is 0 Å². The Morgan fingerprint density at radius 1 is 1.00 bits per heavy atom. The number of rotatable bonds is 5. The van der Waals surface area contributed by atoms with Crippen molar-refractivity contribution >= 4 is 0 Å². The molecule has 1 saturated heterocycles. The van der Waals surface area contributed by atoms with Crippen molar-refractivity contribution in [3.8, 4) is 0 Å². The Labute approximate surface area is 140 Å². The zero-order valence-electron chi connectivity index (χ0n) is 14.3. The lowest BCUT2D eigenvalue weighted by Gasteiger charge is -2.37. The van der Waals surface area contributed by atoms with Gasteiger partial charge in [0, 0.05) is 32.2 Å². The predicted molar refractivity (Wildman–Crippen MR) is 92.8 cm³/mol. The largest absolute Gasteiger partial charge is 0.357 e. The molecule has 0 spiro atoms. The highest BCUT2D eigenvalue weighted by Crippen LogP contribution is 2.27. The Bertz CT molecular complexity index is 454. The molecular weight excluding hydrogens is 286 g/mol. The minimum Gasteiger partial charge on any atom is -0.357 e. The van der Waals surface area contributed by atoms with Crippen molar-refractivity contribution in [3.05, 3.63) is 24.0 Å². The first-order valence-electron chi connectivity index (χ1n) is 9.64. The van der Waals surface area contributed by atoms with Crippen molar-refractivity contribution in [1.29, 1.82) is 0 Å². The average Bonchev–Trinajstić information content (AvgIpc) is 2.70. The van der Waals surface area contributed by atoms with E-state index in [0.29, 0.717) is 0 Å². The SMILES string of the molecule is C1=CC(OCC2CCC2)NC(N2CCCN(C3CCC3)CC2)=C1. The van der Waals surface area contributed by atoms with Gasteiger partial charge in [0.2, 0.25) is 0 Å². The molecule has 3 fully saturated rings. The second kappa shape index (κ2) is 7.27. The van der Waals surface area contributed by atoms with Gasteiger partial charge in [0.1, 0.15) is 12.0 Å². The molecule has 0 aromatic heterocycles. The summed E-state index contributed by atoms with van der Waals surface area (Å²) in [5.41, 5.74) is 0. The number of hydrogen-bond acceptors (Lipinski definition) is 4. The van der Waals surface area contributed by atoms with Crippen LogP contribution in [0, 0.1) is 5.92 Å². The van der Waals surface area contributed by atoms with Gasteiger partial charge in [-0.1, -0.05) is 18.9 Å². The Morgan fingerprint density at radius 2 is 1.87 bits per heavy atom. The normalized spacial score (nSPS) is 30.2. The molecule has 4 heteroatoms. The predicted octanol–water partition coefficient (Wildman–Crippen LogP) is 2.69. The summed E-state index contributed by atoms with van der Waals surface area (Å²) in [4.78, 5) is 5.23. The Hall–Kier alpha value is -1.00. The molecule has 4 nitrogen and oxygen atoms in total. The molecule has 2 aliphatic carbocycles. The molecule has 2 heterocycles. The van der Waals surface area contributed by atoms with Gasteiger partial charge >= 0.3 is 0 Å². The molecule has 0 aromatic rings. The molecule has 1 atom stereocenters. The Morgan fingerprint density at radius 3 is 2.61 bits per heavy atom. The van der Waals surface area contributed by atoms with E-state index in [9.17, 15) is 0 Å². The summed E-state index contributed by atoms with van der Waals surface area (Å²) in [5, 5.41) is 3.59. The lowest BCUT2D eigenvalue weighted by Crippen LogP contribution is -2.44. The van der Waals surface area contributed by atoms with Crippen LogP contribution in [0.2, 0.25) is 0 Å². The summed E-state index contributed by atoms with van der Waals surface area (Å²) in [6, 6.07) is 0.877. The van der Waals surface area contributed by atoms with Crippen molar-refractivity contribution in [2.24, 2.45) is 5.92 Å². The van der Waals surface area contributed by atoms with Gasteiger partial charge in [-0.2, -0.15) is 0 Å². The van der Waals surface area contributed by atoms with E-state index in [1.807, 2.05) is 0 Å². The topological polar surface area (TPSA) is 27.7 Å². The molecule has 4 aliphatic rings.